The number of β-amino-alcohol motifs (C(OH)–C–C–N with tert-alkyl or cyclic N) is 1. The van der Waals surface area contributed by atoms with Crippen LogP contribution in [0.2, 0.25) is 0 Å². The maximum atomic E-state index is 13.4. The fraction of sp³-hybridized carbons (Fsp3) is 0.333. The molecule has 0 saturated carbocycles. The van der Waals surface area contributed by atoms with Crippen LogP contribution in [-0.2, 0) is 27.3 Å². The predicted octanol–water partition coefficient (Wildman–Crippen LogP) is 2.44. The van der Waals surface area contributed by atoms with Gasteiger partial charge in [-0.3, -0.25) is 14.4 Å². The molecule has 1 aromatic heterocycles. The van der Waals surface area contributed by atoms with Crippen molar-refractivity contribution in [1.82, 2.24) is 20.5 Å². The van der Waals surface area contributed by atoms with Crippen LogP contribution in [0.4, 0.5) is 0 Å². The molecular formula is C27H30N4O4S. The Morgan fingerprint density at radius 1 is 1.11 bits per heavy atom. The highest BCUT2D eigenvalue weighted by Gasteiger charge is 2.41. The first-order valence-electron chi connectivity index (χ1n) is 11.9. The fourth-order valence-electron chi connectivity index (χ4n) is 4.46. The molecular weight excluding hydrogens is 476 g/mol. The summed E-state index contributed by atoms with van der Waals surface area (Å²) in [7, 11) is 0. The van der Waals surface area contributed by atoms with Gasteiger partial charge in [-0.25, -0.2) is 4.98 Å². The van der Waals surface area contributed by atoms with Crippen LogP contribution in [0.25, 0.3) is 10.4 Å². The first-order chi connectivity index (χ1) is 17.3. The number of nitrogens with zero attached hydrogens (tertiary/aromatic N) is 2. The van der Waals surface area contributed by atoms with Crippen LogP contribution in [0.15, 0.2) is 60.1 Å². The Kier molecular flexibility index (Phi) is 8.12. The number of aromatic nitrogens is 1. The van der Waals surface area contributed by atoms with Crippen molar-refractivity contribution >= 4 is 29.1 Å². The second-order valence-electron chi connectivity index (χ2n) is 9.02. The summed E-state index contributed by atoms with van der Waals surface area (Å²) in [6.07, 6.45) is -0.355. The Morgan fingerprint density at radius 2 is 1.83 bits per heavy atom. The van der Waals surface area contributed by atoms with Gasteiger partial charge in [0.05, 0.1) is 22.2 Å². The summed E-state index contributed by atoms with van der Waals surface area (Å²) in [5.74, 6) is -1.04. The van der Waals surface area contributed by atoms with E-state index in [1.165, 1.54) is 11.8 Å². The van der Waals surface area contributed by atoms with Gasteiger partial charge in [0, 0.05) is 32.9 Å². The van der Waals surface area contributed by atoms with Gasteiger partial charge in [-0.1, -0.05) is 54.6 Å². The number of amides is 3. The molecule has 4 rings (SSSR count). The highest BCUT2D eigenvalue weighted by molar-refractivity contribution is 7.13. The number of carbonyl (C=O) groups excluding carboxylic acids is 3. The number of rotatable bonds is 8. The van der Waals surface area contributed by atoms with E-state index in [2.05, 4.69) is 15.6 Å². The van der Waals surface area contributed by atoms with E-state index in [1.807, 2.05) is 67.0 Å². The molecule has 36 heavy (non-hydrogen) atoms. The molecule has 0 aliphatic carbocycles. The molecule has 1 unspecified atom stereocenters. The van der Waals surface area contributed by atoms with Crippen LogP contribution in [0.5, 0.6) is 0 Å². The molecule has 188 valence electrons. The number of carbonyl (C=O) groups is 3. The lowest BCUT2D eigenvalue weighted by atomic mass is 10.0. The van der Waals surface area contributed by atoms with Gasteiger partial charge in [0.1, 0.15) is 12.1 Å². The van der Waals surface area contributed by atoms with Gasteiger partial charge in [0.2, 0.25) is 17.7 Å². The van der Waals surface area contributed by atoms with Crippen LogP contribution < -0.4 is 10.6 Å². The molecule has 1 saturated heterocycles. The smallest absolute Gasteiger partial charge is 0.246 e. The van der Waals surface area contributed by atoms with E-state index in [9.17, 15) is 19.5 Å². The zero-order valence-corrected chi connectivity index (χ0v) is 21.1. The van der Waals surface area contributed by atoms with Crippen molar-refractivity contribution in [1.29, 1.82) is 0 Å². The number of aliphatic hydroxyl groups is 1. The Morgan fingerprint density at radius 3 is 2.47 bits per heavy atom. The standard InChI is InChI=1S/C27H30N4O4S/c1-17-25(36-16-29-17)21-10-8-20(9-11-21)14-28-26(34)24-13-22(33)15-31(24)27(35)23(30-18(2)32)12-19-6-4-3-5-7-19/h3-11,16,22-24,33H,12-15H2,1-2H3,(H,28,34)(H,30,32)/t22-,23?,24+/m1/s1. The molecule has 1 aliphatic rings. The Labute approximate surface area is 214 Å². The monoisotopic (exact) mass is 506 g/mol. The van der Waals surface area contributed by atoms with Gasteiger partial charge in [0.15, 0.2) is 0 Å². The third kappa shape index (κ3) is 6.16. The van der Waals surface area contributed by atoms with E-state index in [1.54, 1.807) is 11.3 Å². The zero-order valence-electron chi connectivity index (χ0n) is 20.3. The number of benzene rings is 2. The van der Waals surface area contributed by atoms with Crippen molar-refractivity contribution in [2.24, 2.45) is 0 Å². The molecule has 9 heteroatoms. The van der Waals surface area contributed by atoms with E-state index in [4.69, 9.17) is 0 Å². The fourth-order valence-corrected chi connectivity index (χ4v) is 5.27. The third-order valence-corrected chi connectivity index (χ3v) is 7.23. The van der Waals surface area contributed by atoms with Crippen molar-refractivity contribution in [3.63, 3.8) is 0 Å². The molecule has 2 aromatic carbocycles. The Balaban J connectivity index is 1.41. The number of likely N-dealkylation sites (tertiary alicyclic amines) is 1. The van der Waals surface area contributed by atoms with Crippen LogP contribution in [0, 0.1) is 6.92 Å². The van der Waals surface area contributed by atoms with Crippen molar-refractivity contribution in [2.75, 3.05) is 6.54 Å². The lowest BCUT2D eigenvalue weighted by Crippen LogP contribution is -2.54. The minimum absolute atomic E-state index is 0.0463. The number of thiazole rings is 1. The van der Waals surface area contributed by atoms with Crippen LogP contribution in [0.1, 0.15) is 30.2 Å². The van der Waals surface area contributed by atoms with Gasteiger partial charge in [-0.2, -0.15) is 0 Å². The first kappa shape index (κ1) is 25.5. The number of nitrogens with one attached hydrogen (secondary N) is 2. The number of hydrogen-bond donors (Lipinski definition) is 3. The molecule has 0 bridgehead atoms. The van der Waals surface area contributed by atoms with Gasteiger partial charge < -0.3 is 20.6 Å². The Bertz CT molecular complexity index is 1210. The molecule has 1 fully saturated rings. The van der Waals surface area contributed by atoms with Crippen molar-refractivity contribution < 1.29 is 19.5 Å². The second-order valence-corrected chi connectivity index (χ2v) is 9.88. The molecule has 0 spiro atoms. The zero-order chi connectivity index (χ0) is 25.7. The molecule has 3 amide bonds. The van der Waals surface area contributed by atoms with Gasteiger partial charge in [-0.05, 0) is 23.6 Å². The minimum Gasteiger partial charge on any atom is -0.391 e. The number of aryl methyl sites for hydroxylation is 1. The molecule has 8 nitrogen and oxygen atoms in total. The van der Waals surface area contributed by atoms with E-state index in [0.29, 0.717) is 13.0 Å². The topological polar surface area (TPSA) is 112 Å². The van der Waals surface area contributed by atoms with Crippen LogP contribution in [0.3, 0.4) is 0 Å². The highest BCUT2D eigenvalue weighted by atomic mass is 32.1. The van der Waals surface area contributed by atoms with Crippen molar-refractivity contribution in [3.8, 4) is 10.4 Å². The minimum atomic E-state index is -0.826. The number of aliphatic hydroxyl groups excluding tert-OH is 1. The summed E-state index contributed by atoms with van der Waals surface area (Å²) in [4.78, 5) is 45.1. The maximum Gasteiger partial charge on any atom is 0.246 e. The highest BCUT2D eigenvalue weighted by Crippen LogP contribution is 2.27. The van der Waals surface area contributed by atoms with Crippen molar-refractivity contribution in [3.05, 3.63) is 76.9 Å². The van der Waals surface area contributed by atoms with Gasteiger partial charge >= 0.3 is 0 Å². The van der Waals surface area contributed by atoms with Crippen LogP contribution >= 0.6 is 11.3 Å². The lowest BCUT2D eigenvalue weighted by molar-refractivity contribution is -0.141. The summed E-state index contributed by atoms with van der Waals surface area (Å²) in [6, 6.07) is 15.6. The molecule has 3 N–H and O–H groups in total. The molecule has 2 heterocycles. The average Bonchev–Trinajstić information content (AvgIpc) is 3.47. The molecule has 3 atom stereocenters. The third-order valence-electron chi connectivity index (χ3n) is 6.25. The second kappa shape index (κ2) is 11.5. The van der Waals surface area contributed by atoms with Gasteiger partial charge in [0.25, 0.3) is 0 Å². The Hall–Kier alpha value is -3.56. The van der Waals surface area contributed by atoms with E-state index in [0.717, 1.165) is 27.3 Å². The average molecular weight is 507 g/mol. The molecule has 1 aliphatic heterocycles. The maximum absolute atomic E-state index is 13.4. The largest absolute Gasteiger partial charge is 0.391 e. The SMILES string of the molecule is CC(=O)NC(Cc1ccccc1)C(=O)N1C[C@H](O)C[C@H]1C(=O)NCc1ccc(-c2scnc2C)cc1. The predicted molar refractivity (Wildman–Crippen MR) is 138 cm³/mol. The van der Waals surface area contributed by atoms with Gasteiger partial charge in [-0.15, -0.1) is 11.3 Å². The van der Waals surface area contributed by atoms with Crippen LogP contribution in [-0.4, -0.2) is 57.4 Å². The summed E-state index contributed by atoms with van der Waals surface area (Å²) in [5.41, 5.74) is 5.69. The first-order valence-corrected chi connectivity index (χ1v) is 12.8. The van der Waals surface area contributed by atoms with Crippen molar-refractivity contribution in [2.45, 2.75) is 51.4 Å². The summed E-state index contributed by atoms with van der Waals surface area (Å²) in [6.45, 7) is 3.68. The normalized spacial score (nSPS) is 18.0. The summed E-state index contributed by atoms with van der Waals surface area (Å²) < 4.78 is 0. The summed E-state index contributed by atoms with van der Waals surface area (Å²) in [5, 5.41) is 15.9. The summed E-state index contributed by atoms with van der Waals surface area (Å²) >= 11 is 1.58. The van der Waals surface area contributed by atoms with E-state index in [-0.39, 0.29) is 30.7 Å². The van der Waals surface area contributed by atoms with E-state index < -0.39 is 18.2 Å². The number of hydrogen-bond acceptors (Lipinski definition) is 6. The van der Waals surface area contributed by atoms with E-state index >= 15 is 0 Å². The quantitative estimate of drug-likeness (QED) is 0.435. The molecule has 0 radical (unpaired) electrons. The lowest BCUT2D eigenvalue weighted by Gasteiger charge is -2.28. The molecule has 3 aromatic rings.